The van der Waals surface area contributed by atoms with Crippen LogP contribution >= 0.6 is 11.3 Å². The number of fused-ring (bicyclic) bond motifs is 2. The predicted molar refractivity (Wildman–Crippen MR) is 171 cm³/mol. The summed E-state index contributed by atoms with van der Waals surface area (Å²) < 4.78 is 12.6. The van der Waals surface area contributed by atoms with Crippen LogP contribution in [0, 0.1) is 13.8 Å². The summed E-state index contributed by atoms with van der Waals surface area (Å²) in [6.07, 6.45) is 2.44. The lowest BCUT2D eigenvalue weighted by Crippen LogP contribution is -2.25. The van der Waals surface area contributed by atoms with Crippen LogP contribution in [-0.4, -0.2) is 59.1 Å². The Morgan fingerprint density at radius 3 is 2.50 bits per heavy atom. The van der Waals surface area contributed by atoms with Crippen LogP contribution in [0.2, 0.25) is 0 Å². The molecule has 2 N–H and O–H groups in total. The number of hydrogen-bond donors (Lipinski definition) is 2. The van der Waals surface area contributed by atoms with Gasteiger partial charge in [-0.1, -0.05) is 43.4 Å². The second-order valence-electron chi connectivity index (χ2n) is 10.0. The van der Waals surface area contributed by atoms with Crippen molar-refractivity contribution in [3.05, 3.63) is 71.5 Å². The molecule has 0 radical (unpaired) electrons. The summed E-state index contributed by atoms with van der Waals surface area (Å²) in [5, 5.41) is 7.85. The monoisotopic (exact) mass is 584 g/mol. The lowest BCUT2D eigenvalue weighted by molar-refractivity contribution is 0.102. The normalized spacial score (nSPS) is 11.3. The molecule has 5 aromatic rings. The number of rotatable bonds is 12. The van der Waals surface area contributed by atoms with Crippen molar-refractivity contribution in [2.45, 2.75) is 34.1 Å². The molecule has 0 aliphatic rings. The van der Waals surface area contributed by atoms with Gasteiger partial charge in [-0.25, -0.2) is 15.0 Å². The molecule has 0 fully saturated rings. The summed E-state index contributed by atoms with van der Waals surface area (Å²) in [7, 11) is 1.63. The fourth-order valence-corrected chi connectivity index (χ4v) is 5.77. The summed E-state index contributed by atoms with van der Waals surface area (Å²) >= 11 is 1.45. The number of carbonyl (C=O) groups excluding carboxylic acids is 1. The van der Waals surface area contributed by atoms with Gasteiger partial charge in [-0.05, 0) is 68.8 Å². The zero-order chi connectivity index (χ0) is 29.6. The number of hydrogen-bond acceptors (Lipinski definition) is 9. The van der Waals surface area contributed by atoms with Gasteiger partial charge in [0.2, 0.25) is 0 Å². The zero-order valence-electron chi connectivity index (χ0n) is 24.7. The maximum Gasteiger partial charge on any atom is 0.255 e. The molecule has 0 atom stereocenters. The largest absolute Gasteiger partial charge is 0.493 e. The SMILES string of the molecule is CCN(CC)CCCOc1cc2ncnc(Nc3nc4ccc(C(=O)Nc5c(C)cccc5C)cc4s3)c2cc1OC. The molecule has 0 aliphatic carbocycles. The molecule has 218 valence electrons. The van der Waals surface area contributed by atoms with Crippen molar-refractivity contribution in [3.63, 3.8) is 0 Å². The topological polar surface area (TPSA) is 102 Å². The quantitative estimate of drug-likeness (QED) is 0.152. The molecule has 0 unspecified atom stereocenters. The Bertz CT molecular complexity index is 1700. The lowest BCUT2D eigenvalue weighted by Gasteiger charge is -2.18. The van der Waals surface area contributed by atoms with Crippen LogP contribution in [0.4, 0.5) is 16.6 Å². The van der Waals surface area contributed by atoms with Crippen molar-refractivity contribution in [3.8, 4) is 11.5 Å². The van der Waals surface area contributed by atoms with E-state index in [0.717, 1.165) is 64.0 Å². The molecule has 1 amide bonds. The molecule has 2 heterocycles. The summed E-state index contributed by atoms with van der Waals surface area (Å²) in [4.78, 5) is 29.1. The van der Waals surface area contributed by atoms with Crippen molar-refractivity contribution < 1.29 is 14.3 Å². The first-order valence-electron chi connectivity index (χ1n) is 14.1. The Morgan fingerprint density at radius 1 is 0.976 bits per heavy atom. The van der Waals surface area contributed by atoms with E-state index >= 15 is 0 Å². The maximum absolute atomic E-state index is 13.1. The van der Waals surface area contributed by atoms with E-state index in [4.69, 9.17) is 14.5 Å². The fraction of sp³-hybridized carbons (Fsp3) is 0.312. The van der Waals surface area contributed by atoms with E-state index in [9.17, 15) is 4.79 Å². The Kier molecular flexibility index (Phi) is 9.14. The van der Waals surface area contributed by atoms with Gasteiger partial charge >= 0.3 is 0 Å². The summed E-state index contributed by atoms with van der Waals surface area (Å²) in [6, 6.07) is 15.3. The molecule has 2 aromatic heterocycles. The molecule has 0 saturated heterocycles. The first-order chi connectivity index (χ1) is 20.4. The molecule has 5 rings (SSSR count). The smallest absolute Gasteiger partial charge is 0.255 e. The van der Waals surface area contributed by atoms with Gasteiger partial charge in [-0.3, -0.25) is 4.79 Å². The van der Waals surface area contributed by atoms with E-state index in [-0.39, 0.29) is 5.91 Å². The third kappa shape index (κ3) is 6.45. The minimum atomic E-state index is -0.155. The van der Waals surface area contributed by atoms with Crippen LogP contribution in [0.5, 0.6) is 11.5 Å². The first kappa shape index (κ1) is 29.2. The molecule has 0 spiro atoms. The molecule has 0 bridgehead atoms. The number of aromatic nitrogens is 3. The van der Waals surface area contributed by atoms with E-state index in [2.05, 4.69) is 39.3 Å². The average Bonchev–Trinajstić information content (AvgIpc) is 3.40. The Labute approximate surface area is 249 Å². The van der Waals surface area contributed by atoms with Gasteiger partial charge in [0.15, 0.2) is 16.6 Å². The molecular weight excluding hydrogens is 548 g/mol. The highest BCUT2D eigenvalue weighted by Crippen LogP contribution is 2.36. The number of benzene rings is 3. The number of aryl methyl sites for hydroxylation is 2. The Morgan fingerprint density at radius 2 is 1.76 bits per heavy atom. The Balaban J connectivity index is 1.34. The number of para-hydroxylation sites is 1. The van der Waals surface area contributed by atoms with Crippen LogP contribution < -0.4 is 20.1 Å². The van der Waals surface area contributed by atoms with Gasteiger partial charge in [0, 0.05) is 29.2 Å². The molecule has 9 nitrogen and oxygen atoms in total. The lowest BCUT2D eigenvalue weighted by atomic mass is 10.1. The van der Waals surface area contributed by atoms with Crippen molar-refractivity contribution in [2.75, 3.05) is 44.0 Å². The minimum absolute atomic E-state index is 0.155. The number of nitrogens with zero attached hydrogens (tertiary/aromatic N) is 4. The van der Waals surface area contributed by atoms with Crippen LogP contribution in [-0.2, 0) is 0 Å². The minimum Gasteiger partial charge on any atom is -0.493 e. The number of nitrogens with one attached hydrogen (secondary N) is 2. The van der Waals surface area contributed by atoms with Gasteiger partial charge in [0.25, 0.3) is 5.91 Å². The highest BCUT2D eigenvalue weighted by atomic mass is 32.1. The number of thiazole rings is 1. The van der Waals surface area contributed by atoms with Crippen LogP contribution in [0.1, 0.15) is 41.8 Å². The van der Waals surface area contributed by atoms with Crippen molar-refractivity contribution in [2.24, 2.45) is 0 Å². The molecule has 0 saturated carbocycles. The van der Waals surface area contributed by atoms with E-state index < -0.39 is 0 Å². The van der Waals surface area contributed by atoms with Crippen molar-refractivity contribution in [1.82, 2.24) is 19.9 Å². The Hall–Kier alpha value is -4.28. The van der Waals surface area contributed by atoms with Crippen LogP contribution in [0.25, 0.3) is 21.1 Å². The molecule has 42 heavy (non-hydrogen) atoms. The van der Waals surface area contributed by atoms with Gasteiger partial charge in [0.05, 0.1) is 29.5 Å². The standard InChI is InChI=1S/C32H36N6O3S/c1-6-38(7-2)14-9-15-41-27-18-25-23(17-26(27)40-5)30(34-19-33-25)37-32-35-24-13-12-22(16-28(24)42-32)31(39)36-29-20(3)10-8-11-21(29)4/h8,10-13,16-19H,6-7,9,14-15H2,1-5H3,(H,36,39)(H,33,34,35,37). The van der Waals surface area contributed by atoms with E-state index in [1.807, 2.05) is 56.3 Å². The fourth-order valence-electron chi connectivity index (χ4n) is 4.86. The molecule has 3 aromatic carbocycles. The highest BCUT2D eigenvalue weighted by molar-refractivity contribution is 7.22. The maximum atomic E-state index is 13.1. The van der Waals surface area contributed by atoms with Crippen molar-refractivity contribution in [1.29, 1.82) is 0 Å². The number of methoxy groups -OCH3 is 1. The summed E-state index contributed by atoms with van der Waals surface area (Å²) in [5.41, 5.74) is 4.99. The zero-order valence-corrected chi connectivity index (χ0v) is 25.5. The molecule has 0 aliphatic heterocycles. The predicted octanol–water partition coefficient (Wildman–Crippen LogP) is 6.97. The summed E-state index contributed by atoms with van der Waals surface area (Å²) in [6.45, 7) is 11.9. The van der Waals surface area contributed by atoms with Gasteiger partial charge in [0.1, 0.15) is 12.1 Å². The number of anilines is 3. The van der Waals surface area contributed by atoms with E-state index in [0.29, 0.717) is 34.6 Å². The van der Waals surface area contributed by atoms with E-state index in [1.54, 1.807) is 13.2 Å². The highest BCUT2D eigenvalue weighted by Gasteiger charge is 2.15. The average molecular weight is 585 g/mol. The third-order valence-corrected chi connectivity index (χ3v) is 8.22. The molecular formula is C32H36N6O3S. The van der Waals surface area contributed by atoms with Crippen molar-refractivity contribution >= 4 is 55.0 Å². The number of carbonyl (C=O) groups is 1. The number of amides is 1. The first-order valence-corrected chi connectivity index (χ1v) is 14.9. The summed E-state index contributed by atoms with van der Waals surface area (Å²) in [5.74, 6) is 1.73. The second kappa shape index (κ2) is 13.1. The van der Waals surface area contributed by atoms with Gasteiger partial charge < -0.3 is 25.0 Å². The van der Waals surface area contributed by atoms with Gasteiger partial charge in [-0.15, -0.1) is 0 Å². The van der Waals surface area contributed by atoms with Crippen LogP contribution in [0.3, 0.4) is 0 Å². The van der Waals surface area contributed by atoms with E-state index in [1.165, 1.54) is 17.7 Å². The third-order valence-electron chi connectivity index (χ3n) is 7.29. The molecule has 10 heteroatoms. The van der Waals surface area contributed by atoms with Gasteiger partial charge in [-0.2, -0.15) is 0 Å². The van der Waals surface area contributed by atoms with Crippen LogP contribution in [0.15, 0.2) is 54.9 Å². The number of ether oxygens (including phenoxy) is 2. The second-order valence-corrected chi connectivity index (χ2v) is 11.0.